The lowest BCUT2D eigenvalue weighted by Gasteiger charge is -2.29. The Morgan fingerprint density at radius 3 is 2.74 bits per heavy atom. The molecule has 2 amide bonds. The summed E-state index contributed by atoms with van der Waals surface area (Å²) in [4.78, 5) is 29.8. The fourth-order valence-electron chi connectivity index (χ4n) is 2.28. The first-order valence-corrected chi connectivity index (χ1v) is 6.48. The van der Waals surface area contributed by atoms with Gasteiger partial charge in [0.2, 0.25) is 11.8 Å². The van der Waals surface area contributed by atoms with E-state index in [2.05, 4.69) is 10.3 Å². The van der Waals surface area contributed by atoms with E-state index in [9.17, 15) is 9.59 Å². The van der Waals surface area contributed by atoms with Crippen molar-refractivity contribution in [1.29, 1.82) is 0 Å². The molecule has 2 rings (SSSR count). The van der Waals surface area contributed by atoms with E-state index in [-0.39, 0.29) is 11.8 Å². The van der Waals surface area contributed by atoms with Crippen LogP contribution < -0.4 is 5.32 Å². The molecule has 1 aliphatic rings. The average Bonchev–Trinajstić information content (AvgIpc) is 2.69. The summed E-state index contributed by atoms with van der Waals surface area (Å²) in [6.45, 7) is 7.18. The molecule has 6 heteroatoms. The lowest BCUT2D eigenvalue weighted by atomic mass is 10.0. The minimum Gasteiger partial charge on any atom is -0.342 e. The quantitative estimate of drug-likeness (QED) is 0.855. The molecule has 0 radical (unpaired) electrons. The molecule has 2 heterocycles. The summed E-state index contributed by atoms with van der Waals surface area (Å²) >= 11 is 0. The smallest absolute Gasteiger partial charge is 0.247 e. The molecule has 0 aromatic carbocycles. The number of hydrogen-bond donors (Lipinski definition) is 1. The molecule has 0 atom stereocenters. The van der Waals surface area contributed by atoms with Gasteiger partial charge in [0.1, 0.15) is 11.4 Å². The lowest BCUT2D eigenvalue weighted by Crippen LogP contribution is -2.53. The summed E-state index contributed by atoms with van der Waals surface area (Å²) in [5.74, 6) is 0.825. The first-order valence-electron chi connectivity index (χ1n) is 6.48. The number of imidazole rings is 1. The van der Waals surface area contributed by atoms with Gasteiger partial charge in [-0.2, -0.15) is 0 Å². The average molecular weight is 264 g/mol. The van der Waals surface area contributed by atoms with Crippen LogP contribution in [0, 0.1) is 6.92 Å². The topological polar surface area (TPSA) is 67.2 Å². The van der Waals surface area contributed by atoms with Crippen LogP contribution in [0.5, 0.6) is 0 Å². The normalized spacial score (nSPS) is 19.2. The van der Waals surface area contributed by atoms with Gasteiger partial charge in [-0.25, -0.2) is 4.98 Å². The molecule has 1 aliphatic heterocycles. The number of nitrogens with one attached hydrogen (secondary N) is 1. The highest BCUT2D eigenvalue weighted by Crippen LogP contribution is 2.13. The van der Waals surface area contributed by atoms with Crippen LogP contribution in [-0.2, 0) is 16.1 Å². The molecule has 1 aromatic rings. The minimum atomic E-state index is -0.822. The second-order valence-corrected chi connectivity index (χ2v) is 5.38. The lowest BCUT2D eigenvalue weighted by molar-refractivity contribution is -0.137. The van der Waals surface area contributed by atoms with Crippen LogP contribution in [0.2, 0.25) is 0 Å². The molecule has 1 N–H and O–H groups in total. The number of hydrogen-bond acceptors (Lipinski definition) is 3. The summed E-state index contributed by atoms with van der Waals surface area (Å²) in [5, 5.41) is 2.75. The van der Waals surface area contributed by atoms with E-state index in [1.165, 1.54) is 0 Å². The van der Waals surface area contributed by atoms with Crippen LogP contribution in [0.15, 0.2) is 12.4 Å². The number of aromatic nitrogens is 2. The first kappa shape index (κ1) is 13.6. The Morgan fingerprint density at radius 2 is 2.11 bits per heavy atom. The largest absolute Gasteiger partial charge is 0.342 e. The second-order valence-electron chi connectivity index (χ2n) is 5.38. The summed E-state index contributed by atoms with van der Waals surface area (Å²) in [5.41, 5.74) is -0.822. The van der Waals surface area contributed by atoms with Crippen molar-refractivity contribution >= 4 is 11.8 Å². The fraction of sp³-hybridized carbons (Fsp3) is 0.615. The molecule has 1 fully saturated rings. The van der Waals surface area contributed by atoms with Gasteiger partial charge < -0.3 is 14.8 Å². The maximum Gasteiger partial charge on any atom is 0.247 e. The van der Waals surface area contributed by atoms with Gasteiger partial charge in [0, 0.05) is 38.4 Å². The van der Waals surface area contributed by atoms with Crippen molar-refractivity contribution in [3.05, 3.63) is 18.2 Å². The molecule has 0 spiro atoms. The summed E-state index contributed by atoms with van der Waals surface area (Å²) in [6, 6.07) is 0. The standard InChI is InChI=1S/C13H20N4O2/c1-10-14-5-7-16(10)8-9-17-6-4-11(18)15-13(2,3)12(17)19/h5,7H,4,6,8-9H2,1-3H3,(H,15,18). The molecular weight excluding hydrogens is 244 g/mol. The molecule has 1 saturated heterocycles. The maximum atomic E-state index is 12.3. The van der Waals surface area contributed by atoms with E-state index in [1.54, 1.807) is 24.9 Å². The molecule has 104 valence electrons. The number of aryl methyl sites for hydroxylation is 1. The van der Waals surface area contributed by atoms with Crippen LogP contribution in [0.1, 0.15) is 26.1 Å². The van der Waals surface area contributed by atoms with Gasteiger partial charge in [-0.1, -0.05) is 0 Å². The summed E-state index contributed by atoms with van der Waals surface area (Å²) in [6.07, 6.45) is 4.00. The third-order valence-electron chi connectivity index (χ3n) is 3.42. The van der Waals surface area contributed by atoms with Gasteiger partial charge in [-0.3, -0.25) is 9.59 Å². The highest BCUT2D eigenvalue weighted by molar-refractivity contribution is 5.92. The third-order valence-corrected chi connectivity index (χ3v) is 3.42. The Kier molecular flexibility index (Phi) is 3.59. The van der Waals surface area contributed by atoms with Crippen molar-refractivity contribution in [3.63, 3.8) is 0 Å². The molecule has 6 nitrogen and oxygen atoms in total. The Balaban J connectivity index is 2.04. The van der Waals surface area contributed by atoms with E-state index in [1.807, 2.05) is 17.7 Å². The van der Waals surface area contributed by atoms with Gasteiger partial charge in [-0.15, -0.1) is 0 Å². The third kappa shape index (κ3) is 2.94. The molecule has 19 heavy (non-hydrogen) atoms. The zero-order chi connectivity index (χ0) is 14.0. The van der Waals surface area contributed by atoms with Gasteiger partial charge in [0.05, 0.1) is 0 Å². The fourth-order valence-corrected chi connectivity index (χ4v) is 2.28. The van der Waals surface area contributed by atoms with E-state index in [0.29, 0.717) is 26.1 Å². The van der Waals surface area contributed by atoms with Crippen molar-refractivity contribution in [2.75, 3.05) is 13.1 Å². The van der Waals surface area contributed by atoms with Crippen LogP contribution >= 0.6 is 0 Å². The Hall–Kier alpha value is -1.85. The van der Waals surface area contributed by atoms with Crippen molar-refractivity contribution in [3.8, 4) is 0 Å². The molecule has 0 bridgehead atoms. The van der Waals surface area contributed by atoms with Gasteiger partial charge >= 0.3 is 0 Å². The number of carbonyl (C=O) groups excluding carboxylic acids is 2. The van der Waals surface area contributed by atoms with Gasteiger partial charge in [0.15, 0.2) is 0 Å². The van der Waals surface area contributed by atoms with E-state index < -0.39 is 5.54 Å². The Morgan fingerprint density at radius 1 is 1.37 bits per heavy atom. The molecule has 0 saturated carbocycles. The van der Waals surface area contributed by atoms with Crippen molar-refractivity contribution in [2.45, 2.75) is 39.3 Å². The monoisotopic (exact) mass is 264 g/mol. The molecular formula is C13H20N4O2. The van der Waals surface area contributed by atoms with E-state index in [0.717, 1.165) is 5.82 Å². The van der Waals surface area contributed by atoms with Crippen LogP contribution in [0.3, 0.4) is 0 Å². The van der Waals surface area contributed by atoms with Gasteiger partial charge in [0.25, 0.3) is 0 Å². The number of rotatable bonds is 3. The van der Waals surface area contributed by atoms with Crippen LogP contribution in [0.25, 0.3) is 0 Å². The molecule has 0 aliphatic carbocycles. The predicted octanol–water partition coefficient (Wildman–Crippen LogP) is 0.319. The second kappa shape index (κ2) is 5.03. The maximum absolute atomic E-state index is 12.3. The summed E-state index contributed by atoms with van der Waals surface area (Å²) < 4.78 is 2.00. The number of nitrogens with zero attached hydrogens (tertiary/aromatic N) is 3. The predicted molar refractivity (Wildman–Crippen MR) is 70.4 cm³/mol. The van der Waals surface area contributed by atoms with Crippen molar-refractivity contribution < 1.29 is 9.59 Å². The Bertz CT molecular complexity index is 493. The summed E-state index contributed by atoms with van der Waals surface area (Å²) in [7, 11) is 0. The zero-order valence-electron chi connectivity index (χ0n) is 11.6. The van der Waals surface area contributed by atoms with Gasteiger partial charge in [-0.05, 0) is 20.8 Å². The zero-order valence-corrected chi connectivity index (χ0v) is 11.6. The first-order chi connectivity index (χ1) is 8.90. The van der Waals surface area contributed by atoms with Crippen LogP contribution in [0.4, 0.5) is 0 Å². The Labute approximate surface area is 112 Å². The number of amides is 2. The number of carbonyl (C=O) groups is 2. The van der Waals surface area contributed by atoms with E-state index in [4.69, 9.17) is 0 Å². The highest BCUT2D eigenvalue weighted by Gasteiger charge is 2.36. The van der Waals surface area contributed by atoms with Crippen molar-refractivity contribution in [2.24, 2.45) is 0 Å². The highest BCUT2D eigenvalue weighted by atomic mass is 16.2. The minimum absolute atomic E-state index is 0.0314. The SMILES string of the molecule is Cc1nccn1CCN1CCC(=O)NC(C)(C)C1=O. The van der Waals surface area contributed by atoms with Crippen LogP contribution in [-0.4, -0.2) is 44.9 Å². The van der Waals surface area contributed by atoms with E-state index >= 15 is 0 Å². The van der Waals surface area contributed by atoms with Crippen molar-refractivity contribution in [1.82, 2.24) is 19.8 Å². The molecule has 0 unspecified atom stereocenters. The molecule has 1 aromatic heterocycles.